The van der Waals surface area contributed by atoms with Crippen LogP contribution in [-0.2, 0) is 14.4 Å². The minimum atomic E-state index is -1.03. The first-order chi connectivity index (χ1) is 6.43. The molecule has 0 radical (unpaired) electrons. The van der Waals surface area contributed by atoms with Gasteiger partial charge in [-0.05, 0) is 0 Å². The highest BCUT2D eigenvalue weighted by Crippen LogP contribution is 1.88. The van der Waals surface area contributed by atoms with Gasteiger partial charge in [-0.15, -0.1) is 0 Å². The van der Waals surface area contributed by atoms with Crippen LogP contribution in [0.4, 0.5) is 0 Å². The van der Waals surface area contributed by atoms with E-state index in [0.29, 0.717) is 0 Å². The van der Waals surface area contributed by atoms with Crippen LogP contribution in [0.3, 0.4) is 0 Å². The van der Waals surface area contributed by atoms with E-state index in [2.05, 4.69) is 5.32 Å². The third-order valence-corrected chi connectivity index (χ3v) is 1.50. The summed E-state index contributed by atoms with van der Waals surface area (Å²) in [6.07, 6.45) is -0.321. The van der Waals surface area contributed by atoms with Crippen LogP contribution in [0.5, 0.6) is 0 Å². The molecule has 2 N–H and O–H groups in total. The van der Waals surface area contributed by atoms with Gasteiger partial charge in [0.2, 0.25) is 11.8 Å². The number of carbonyl (C=O) groups is 3. The molecule has 0 atom stereocenters. The summed E-state index contributed by atoms with van der Waals surface area (Å²) in [5.41, 5.74) is 0. The fraction of sp³-hybridized carbons (Fsp3) is 0.625. The maximum atomic E-state index is 11.0. The first-order valence-corrected chi connectivity index (χ1v) is 4.12. The standard InChI is InChI=1S/C8H14N2O4/c1-10(2)7(12)5-9-6(11)3-4-8(13)14/h3-5H2,1-2H3,(H,9,11)(H,13,14). The quantitative estimate of drug-likeness (QED) is 0.602. The van der Waals surface area contributed by atoms with E-state index in [0.717, 1.165) is 0 Å². The number of carboxylic acid groups (broad SMARTS) is 1. The van der Waals surface area contributed by atoms with Gasteiger partial charge in [-0.3, -0.25) is 14.4 Å². The van der Waals surface area contributed by atoms with Crippen LogP contribution < -0.4 is 5.32 Å². The predicted octanol–water partition coefficient (Wildman–Crippen LogP) is -0.944. The number of hydrogen-bond donors (Lipinski definition) is 2. The van der Waals surface area contributed by atoms with Crippen molar-refractivity contribution < 1.29 is 19.5 Å². The largest absolute Gasteiger partial charge is 0.481 e. The second-order valence-electron chi connectivity index (χ2n) is 2.96. The van der Waals surface area contributed by atoms with E-state index in [1.54, 1.807) is 14.1 Å². The Kier molecular flexibility index (Phi) is 5.28. The molecule has 0 aromatic rings. The third-order valence-electron chi connectivity index (χ3n) is 1.50. The number of amides is 2. The molecular weight excluding hydrogens is 188 g/mol. The molecule has 0 aliphatic rings. The second-order valence-corrected chi connectivity index (χ2v) is 2.96. The molecule has 0 bridgehead atoms. The number of aliphatic carboxylic acids is 1. The first kappa shape index (κ1) is 12.4. The molecule has 14 heavy (non-hydrogen) atoms. The van der Waals surface area contributed by atoms with Gasteiger partial charge in [0.05, 0.1) is 13.0 Å². The topological polar surface area (TPSA) is 86.7 Å². The number of hydrogen-bond acceptors (Lipinski definition) is 3. The molecule has 80 valence electrons. The molecule has 0 saturated heterocycles. The summed E-state index contributed by atoms with van der Waals surface area (Å²) in [6, 6.07) is 0. The number of carboxylic acids is 1. The number of rotatable bonds is 5. The molecule has 0 fully saturated rings. The lowest BCUT2D eigenvalue weighted by molar-refractivity contribution is -0.138. The van der Waals surface area contributed by atoms with Crippen molar-refractivity contribution in [1.82, 2.24) is 10.2 Å². The van der Waals surface area contributed by atoms with Crippen molar-refractivity contribution in [3.8, 4) is 0 Å². The highest BCUT2D eigenvalue weighted by Gasteiger charge is 2.08. The van der Waals surface area contributed by atoms with Crippen LogP contribution in [0.2, 0.25) is 0 Å². The summed E-state index contributed by atoms with van der Waals surface area (Å²) < 4.78 is 0. The van der Waals surface area contributed by atoms with E-state index in [1.165, 1.54) is 4.90 Å². The Balaban J connectivity index is 3.64. The van der Waals surface area contributed by atoms with Crippen molar-refractivity contribution in [2.75, 3.05) is 20.6 Å². The third kappa shape index (κ3) is 5.99. The van der Waals surface area contributed by atoms with Crippen LogP contribution in [0.1, 0.15) is 12.8 Å². The van der Waals surface area contributed by atoms with E-state index < -0.39 is 11.9 Å². The van der Waals surface area contributed by atoms with Gasteiger partial charge < -0.3 is 15.3 Å². The molecule has 2 amide bonds. The van der Waals surface area contributed by atoms with Crippen molar-refractivity contribution in [3.63, 3.8) is 0 Å². The zero-order valence-corrected chi connectivity index (χ0v) is 8.24. The summed E-state index contributed by atoms with van der Waals surface area (Å²) in [4.78, 5) is 33.3. The van der Waals surface area contributed by atoms with Gasteiger partial charge in [0.1, 0.15) is 0 Å². The zero-order valence-electron chi connectivity index (χ0n) is 8.24. The highest BCUT2D eigenvalue weighted by molar-refractivity contribution is 5.85. The lowest BCUT2D eigenvalue weighted by Crippen LogP contribution is -2.36. The van der Waals surface area contributed by atoms with E-state index in [9.17, 15) is 14.4 Å². The van der Waals surface area contributed by atoms with Crippen LogP contribution in [0.25, 0.3) is 0 Å². The van der Waals surface area contributed by atoms with Gasteiger partial charge >= 0.3 is 5.97 Å². The average Bonchev–Trinajstić information content (AvgIpc) is 2.10. The fourth-order valence-corrected chi connectivity index (χ4v) is 0.641. The molecule has 6 heteroatoms. The average molecular weight is 202 g/mol. The first-order valence-electron chi connectivity index (χ1n) is 4.12. The maximum absolute atomic E-state index is 11.0. The van der Waals surface area contributed by atoms with Gasteiger partial charge in [0.25, 0.3) is 0 Å². The van der Waals surface area contributed by atoms with Crippen molar-refractivity contribution in [1.29, 1.82) is 0 Å². The maximum Gasteiger partial charge on any atom is 0.303 e. The molecule has 0 saturated carbocycles. The molecule has 0 aromatic carbocycles. The second kappa shape index (κ2) is 5.95. The lowest BCUT2D eigenvalue weighted by Gasteiger charge is -2.10. The molecule has 0 spiro atoms. The summed E-state index contributed by atoms with van der Waals surface area (Å²) in [6.45, 7) is -0.0918. The van der Waals surface area contributed by atoms with Crippen molar-refractivity contribution in [3.05, 3.63) is 0 Å². The molecule has 0 unspecified atom stereocenters. The van der Waals surface area contributed by atoms with Gasteiger partial charge in [-0.1, -0.05) is 0 Å². The van der Waals surface area contributed by atoms with E-state index >= 15 is 0 Å². The molecule has 6 nitrogen and oxygen atoms in total. The Morgan fingerprint density at radius 1 is 1.21 bits per heavy atom. The van der Waals surface area contributed by atoms with E-state index in [1.807, 2.05) is 0 Å². The van der Waals surface area contributed by atoms with Crippen LogP contribution in [0.15, 0.2) is 0 Å². The van der Waals surface area contributed by atoms with Gasteiger partial charge in [0, 0.05) is 20.5 Å². The van der Waals surface area contributed by atoms with Crippen LogP contribution >= 0.6 is 0 Å². The minimum absolute atomic E-state index is 0.0918. The Morgan fingerprint density at radius 2 is 1.79 bits per heavy atom. The van der Waals surface area contributed by atoms with Crippen molar-refractivity contribution in [2.24, 2.45) is 0 Å². The Morgan fingerprint density at radius 3 is 2.21 bits per heavy atom. The lowest BCUT2D eigenvalue weighted by atomic mass is 10.3. The van der Waals surface area contributed by atoms with Gasteiger partial charge in [0.15, 0.2) is 0 Å². The van der Waals surface area contributed by atoms with Crippen molar-refractivity contribution >= 4 is 17.8 Å². The summed E-state index contributed by atoms with van der Waals surface area (Å²) in [5.74, 6) is -1.68. The number of likely N-dealkylation sites (N-methyl/N-ethyl adjacent to an activating group) is 1. The summed E-state index contributed by atoms with van der Waals surface area (Å²) >= 11 is 0. The van der Waals surface area contributed by atoms with Crippen LogP contribution in [0, 0.1) is 0 Å². The zero-order chi connectivity index (χ0) is 11.1. The van der Waals surface area contributed by atoms with E-state index in [-0.39, 0.29) is 25.3 Å². The van der Waals surface area contributed by atoms with Gasteiger partial charge in [-0.25, -0.2) is 0 Å². The van der Waals surface area contributed by atoms with Gasteiger partial charge in [-0.2, -0.15) is 0 Å². The minimum Gasteiger partial charge on any atom is -0.481 e. The molecule has 0 aliphatic carbocycles. The Hall–Kier alpha value is -1.59. The Labute approximate surface area is 81.9 Å². The smallest absolute Gasteiger partial charge is 0.303 e. The molecule has 0 aromatic heterocycles. The SMILES string of the molecule is CN(C)C(=O)CNC(=O)CCC(=O)O. The highest BCUT2D eigenvalue weighted by atomic mass is 16.4. The number of nitrogens with one attached hydrogen (secondary N) is 1. The molecule has 0 aliphatic heterocycles. The predicted molar refractivity (Wildman–Crippen MR) is 48.6 cm³/mol. The van der Waals surface area contributed by atoms with Crippen LogP contribution in [-0.4, -0.2) is 48.4 Å². The summed E-state index contributed by atoms with van der Waals surface area (Å²) in [7, 11) is 3.15. The fourth-order valence-electron chi connectivity index (χ4n) is 0.641. The Bertz CT molecular complexity index is 237. The number of carbonyl (C=O) groups excluding carboxylic acids is 2. The van der Waals surface area contributed by atoms with Crippen molar-refractivity contribution in [2.45, 2.75) is 12.8 Å². The molecular formula is C8H14N2O4. The summed E-state index contributed by atoms with van der Waals surface area (Å²) in [5, 5.41) is 10.6. The molecule has 0 rings (SSSR count). The molecule has 0 heterocycles. The monoisotopic (exact) mass is 202 g/mol. The van der Waals surface area contributed by atoms with E-state index in [4.69, 9.17) is 5.11 Å². The number of nitrogens with zero attached hydrogens (tertiary/aromatic N) is 1. The normalized spacial score (nSPS) is 9.29.